The third kappa shape index (κ3) is 1.67. The number of rotatable bonds is 4. The Labute approximate surface area is 69.3 Å². The minimum absolute atomic E-state index is 0.399. The van der Waals surface area contributed by atoms with Gasteiger partial charge in [0.15, 0.2) is 0 Å². The van der Waals surface area contributed by atoms with Crippen LogP contribution in [0.3, 0.4) is 0 Å². The van der Waals surface area contributed by atoms with Crippen molar-refractivity contribution in [2.24, 2.45) is 0 Å². The maximum Gasteiger partial charge on any atom is 0.370 e. The van der Waals surface area contributed by atoms with Crippen LogP contribution in [0.1, 0.15) is 13.3 Å². The molecule has 0 rings (SSSR count). The summed E-state index contributed by atoms with van der Waals surface area (Å²) < 4.78 is 15.0. The first-order chi connectivity index (χ1) is 5.31. The summed E-state index contributed by atoms with van der Waals surface area (Å²) >= 11 is 0. The fraction of sp³-hybridized carbons (Fsp3) is 0.800. The van der Waals surface area contributed by atoms with E-state index in [0.717, 1.165) is 7.11 Å². The molecule has 0 aliphatic carbocycles. The zero-order valence-electron chi connectivity index (χ0n) is 6.72. The molecule has 0 aromatic heterocycles. The van der Waals surface area contributed by atoms with Crippen molar-refractivity contribution in [3.8, 4) is 0 Å². The van der Waals surface area contributed by atoms with Crippen LogP contribution in [0.5, 0.6) is 0 Å². The molecule has 0 saturated carbocycles. The predicted molar refractivity (Wildman–Crippen MR) is 39.7 cm³/mol. The maximum atomic E-state index is 11.0. The van der Waals surface area contributed by atoms with E-state index < -0.39 is 25.3 Å². The summed E-state index contributed by atoms with van der Waals surface area (Å²) in [5.74, 6) is -1.77. The van der Waals surface area contributed by atoms with E-state index in [2.05, 4.69) is 4.52 Å². The summed E-state index contributed by atoms with van der Waals surface area (Å²) in [7, 11) is -3.63. The Bertz CT molecular complexity index is 226. The highest BCUT2D eigenvalue weighted by atomic mass is 31.2. The van der Waals surface area contributed by atoms with Gasteiger partial charge in [-0.1, -0.05) is 6.92 Å². The highest BCUT2D eigenvalue weighted by Crippen LogP contribution is 2.54. The van der Waals surface area contributed by atoms with Gasteiger partial charge in [-0.2, -0.15) is 0 Å². The van der Waals surface area contributed by atoms with Crippen molar-refractivity contribution in [3.05, 3.63) is 0 Å². The Morgan fingerprint density at radius 1 is 1.67 bits per heavy atom. The van der Waals surface area contributed by atoms with Gasteiger partial charge < -0.3 is 19.6 Å². The number of carbonyl (C=O) groups is 1. The van der Waals surface area contributed by atoms with Crippen LogP contribution in [-0.2, 0) is 13.9 Å². The van der Waals surface area contributed by atoms with Crippen LogP contribution in [0, 0.1) is 0 Å². The van der Waals surface area contributed by atoms with Crippen molar-refractivity contribution < 1.29 is 29.0 Å². The monoisotopic (exact) mass is 198 g/mol. The van der Waals surface area contributed by atoms with Crippen LogP contribution < -0.4 is 0 Å². The van der Waals surface area contributed by atoms with Crippen molar-refractivity contribution in [1.82, 2.24) is 0 Å². The molecule has 0 aliphatic heterocycles. The molecule has 0 spiro atoms. The van der Waals surface area contributed by atoms with Crippen LogP contribution in [0.4, 0.5) is 0 Å². The molecule has 0 aliphatic rings. The number of aliphatic carboxylic acids is 1. The molecule has 0 saturated heterocycles. The van der Waals surface area contributed by atoms with Crippen LogP contribution in [0.15, 0.2) is 0 Å². The molecule has 0 heterocycles. The highest BCUT2D eigenvalue weighted by Gasteiger charge is 2.52. The molecule has 0 bridgehead atoms. The van der Waals surface area contributed by atoms with Gasteiger partial charge in [0.2, 0.25) is 0 Å². The lowest BCUT2D eigenvalue weighted by molar-refractivity contribution is -0.151. The first-order valence-corrected chi connectivity index (χ1v) is 4.74. The maximum absolute atomic E-state index is 11.0. The lowest BCUT2D eigenvalue weighted by Crippen LogP contribution is -2.37. The number of aliphatic hydroxyl groups is 1. The van der Waals surface area contributed by atoms with E-state index in [9.17, 15) is 14.5 Å². The first kappa shape index (κ1) is 11.6. The standard InChI is InChI=1S/C5H11O6P/c1-3-5(8,4(6)7)12(9,10)11-2/h8H,3H2,1-2H3,(H,6,7)(H,9,10). The molecule has 2 unspecified atom stereocenters. The van der Waals surface area contributed by atoms with E-state index in [-0.39, 0.29) is 0 Å². The minimum Gasteiger partial charge on any atom is -0.479 e. The Morgan fingerprint density at radius 2 is 2.08 bits per heavy atom. The average Bonchev–Trinajstić information content (AvgIpc) is 2.02. The number of carboxylic acids is 1. The second-order valence-corrected chi connectivity index (χ2v) is 4.32. The SMILES string of the molecule is CCC(O)(C(=O)O)P(=O)(O)OC. The molecular weight excluding hydrogens is 187 g/mol. The van der Waals surface area contributed by atoms with Crippen molar-refractivity contribution in [2.75, 3.05) is 7.11 Å². The van der Waals surface area contributed by atoms with Gasteiger partial charge in [-0.3, -0.25) is 4.57 Å². The van der Waals surface area contributed by atoms with E-state index in [1.165, 1.54) is 6.92 Å². The Kier molecular flexibility index (Phi) is 3.41. The molecule has 0 aromatic rings. The summed E-state index contributed by atoms with van der Waals surface area (Å²) in [6.07, 6.45) is -0.399. The van der Waals surface area contributed by atoms with Gasteiger partial charge in [0.1, 0.15) is 0 Å². The summed E-state index contributed by atoms with van der Waals surface area (Å²) in [5, 5.41) is 14.9. The molecule has 0 amide bonds. The number of carboxylic acid groups (broad SMARTS) is 1. The third-order valence-corrected chi connectivity index (χ3v) is 3.49. The van der Waals surface area contributed by atoms with Crippen LogP contribution >= 0.6 is 7.60 Å². The Morgan fingerprint density at radius 3 is 2.17 bits per heavy atom. The molecule has 2 atom stereocenters. The van der Waals surface area contributed by atoms with Crippen LogP contribution in [-0.4, -0.2) is 33.5 Å². The van der Waals surface area contributed by atoms with E-state index in [4.69, 9.17) is 10.00 Å². The second kappa shape index (κ2) is 3.53. The van der Waals surface area contributed by atoms with Gasteiger partial charge >= 0.3 is 13.6 Å². The molecule has 6 nitrogen and oxygen atoms in total. The van der Waals surface area contributed by atoms with Gasteiger partial charge in [0.05, 0.1) is 0 Å². The topological polar surface area (TPSA) is 104 Å². The molecular formula is C5H11O6P. The number of hydrogen-bond donors (Lipinski definition) is 3. The molecule has 0 radical (unpaired) electrons. The summed E-state index contributed by atoms with van der Waals surface area (Å²) in [6.45, 7) is 1.27. The highest BCUT2D eigenvalue weighted by molar-refractivity contribution is 7.55. The van der Waals surface area contributed by atoms with E-state index >= 15 is 0 Å². The molecule has 7 heteroatoms. The van der Waals surface area contributed by atoms with Gasteiger partial charge in [-0.05, 0) is 6.42 Å². The van der Waals surface area contributed by atoms with Crippen molar-refractivity contribution >= 4 is 13.6 Å². The normalized spacial score (nSPS) is 21.0. The fourth-order valence-electron chi connectivity index (χ4n) is 0.623. The van der Waals surface area contributed by atoms with Gasteiger partial charge in [0.25, 0.3) is 5.34 Å². The zero-order valence-corrected chi connectivity index (χ0v) is 7.62. The lowest BCUT2D eigenvalue weighted by atomic mass is 10.3. The van der Waals surface area contributed by atoms with Gasteiger partial charge in [-0.15, -0.1) is 0 Å². The largest absolute Gasteiger partial charge is 0.479 e. The van der Waals surface area contributed by atoms with Gasteiger partial charge in [0, 0.05) is 7.11 Å². The van der Waals surface area contributed by atoms with Crippen molar-refractivity contribution in [3.63, 3.8) is 0 Å². The average molecular weight is 198 g/mol. The second-order valence-electron chi connectivity index (χ2n) is 2.18. The Balaban J connectivity index is 5.01. The minimum atomic E-state index is -4.50. The van der Waals surface area contributed by atoms with Crippen molar-refractivity contribution in [2.45, 2.75) is 18.7 Å². The van der Waals surface area contributed by atoms with Crippen LogP contribution in [0.25, 0.3) is 0 Å². The number of hydrogen-bond acceptors (Lipinski definition) is 4. The third-order valence-electron chi connectivity index (χ3n) is 1.55. The lowest BCUT2D eigenvalue weighted by Gasteiger charge is -2.24. The Hall–Kier alpha value is -0.420. The fourth-order valence-corrected chi connectivity index (χ4v) is 1.57. The zero-order chi connectivity index (χ0) is 9.99. The smallest absolute Gasteiger partial charge is 0.370 e. The van der Waals surface area contributed by atoms with E-state index in [0.29, 0.717) is 0 Å². The quantitative estimate of drug-likeness (QED) is 0.549. The van der Waals surface area contributed by atoms with E-state index in [1.807, 2.05) is 0 Å². The summed E-state index contributed by atoms with van der Waals surface area (Å²) in [5.41, 5.74) is 0. The molecule has 0 aromatic carbocycles. The summed E-state index contributed by atoms with van der Waals surface area (Å²) in [6, 6.07) is 0. The van der Waals surface area contributed by atoms with Gasteiger partial charge in [-0.25, -0.2) is 4.79 Å². The van der Waals surface area contributed by atoms with E-state index in [1.54, 1.807) is 0 Å². The van der Waals surface area contributed by atoms with Crippen LogP contribution in [0.2, 0.25) is 0 Å². The molecule has 72 valence electrons. The molecule has 0 fully saturated rings. The molecule has 3 N–H and O–H groups in total. The predicted octanol–water partition coefficient (Wildman–Crippen LogP) is 0.00140. The summed E-state index contributed by atoms with van der Waals surface area (Å²) in [4.78, 5) is 19.3. The van der Waals surface area contributed by atoms with Crippen molar-refractivity contribution in [1.29, 1.82) is 0 Å². The first-order valence-electron chi connectivity index (χ1n) is 3.16. The molecule has 12 heavy (non-hydrogen) atoms.